The smallest absolute Gasteiger partial charge is 0.119 e. The number of benzene rings is 2. The van der Waals surface area contributed by atoms with E-state index in [1.54, 1.807) is 7.11 Å². The summed E-state index contributed by atoms with van der Waals surface area (Å²) in [5.74, 6) is 0.834. The number of hydrogen-bond donors (Lipinski definition) is 0. The van der Waals surface area contributed by atoms with Gasteiger partial charge < -0.3 is 4.74 Å². The summed E-state index contributed by atoms with van der Waals surface area (Å²) in [6.45, 7) is 4.10. The maximum atomic E-state index is 5.23. The standard InChI is InChI=1S/C17H14NO/c1-12-10-14-11-15(19-2)8-9-16(14)18-17(12)13-6-4-3-5-7-13/h3-11H,1H2,2H3. The Morgan fingerprint density at radius 3 is 2.53 bits per heavy atom. The Morgan fingerprint density at radius 1 is 1.00 bits per heavy atom. The number of fused-ring (bicyclic) bond motifs is 1. The normalized spacial score (nSPS) is 10.6. The maximum Gasteiger partial charge on any atom is 0.119 e. The zero-order valence-electron chi connectivity index (χ0n) is 10.8. The lowest BCUT2D eigenvalue weighted by Gasteiger charge is -2.08. The largest absolute Gasteiger partial charge is 0.497 e. The SMILES string of the molecule is [CH2]c1cc2cc(OC)ccc2nc1-c1ccccc1. The summed E-state index contributed by atoms with van der Waals surface area (Å²) >= 11 is 0. The number of hydrogen-bond acceptors (Lipinski definition) is 2. The minimum atomic E-state index is 0.834. The molecular formula is C17H14NO. The van der Waals surface area contributed by atoms with Crippen molar-refractivity contribution in [1.82, 2.24) is 4.98 Å². The van der Waals surface area contributed by atoms with Crippen LogP contribution >= 0.6 is 0 Å². The van der Waals surface area contributed by atoms with E-state index in [0.29, 0.717) is 0 Å². The second-order valence-corrected chi connectivity index (χ2v) is 4.42. The van der Waals surface area contributed by atoms with Crippen LogP contribution in [-0.4, -0.2) is 12.1 Å². The van der Waals surface area contributed by atoms with E-state index < -0.39 is 0 Å². The Kier molecular flexibility index (Phi) is 2.92. The van der Waals surface area contributed by atoms with Crippen LogP contribution < -0.4 is 4.74 Å². The third-order valence-corrected chi connectivity index (χ3v) is 3.15. The van der Waals surface area contributed by atoms with Crippen LogP contribution in [0.3, 0.4) is 0 Å². The lowest BCUT2D eigenvalue weighted by Crippen LogP contribution is -1.91. The van der Waals surface area contributed by atoms with Crippen LogP contribution in [0.2, 0.25) is 0 Å². The Balaban J connectivity index is 2.20. The molecule has 93 valence electrons. The summed E-state index contributed by atoms with van der Waals surface area (Å²) in [7, 11) is 1.66. The molecule has 0 saturated carbocycles. The Bertz CT molecular complexity index is 720. The lowest BCUT2D eigenvalue weighted by atomic mass is 10.0. The first-order valence-electron chi connectivity index (χ1n) is 6.14. The average Bonchev–Trinajstić information content (AvgIpc) is 2.47. The number of rotatable bonds is 2. The molecule has 0 aliphatic rings. The van der Waals surface area contributed by atoms with E-state index >= 15 is 0 Å². The summed E-state index contributed by atoms with van der Waals surface area (Å²) < 4.78 is 5.23. The summed E-state index contributed by atoms with van der Waals surface area (Å²) in [6, 6.07) is 18.0. The highest BCUT2D eigenvalue weighted by atomic mass is 16.5. The number of nitrogens with zero attached hydrogens (tertiary/aromatic N) is 1. The second kappa shape index (κ2) is 4.73. The molecule has 0 spiro atoms. The van der Waals surface area contributed by atoms with Gasteiger partial charge in [-0.25, -0.2) is 4.98 Å². The van der Waals surface area contributed by atoms with Gasteiger partial charge in [-0.2, -0.15) is 0 Å². The second-order valence-electron chi connectivity index (χ2n) is 4.42. The number of methoxy groups -OCH3 is 1. The topological polar surface area (TPSA) is 22.1 Å². The molecule has 0 saturated heterocycles. The van der Waals surface area contributed by atoms with Gasteiger partial charge in [0.05, 0.1) is 18.3 Å². The van der Waals surface area contributed by atoms with Crippen LogP contribution in [0.1, 0.15) is 5.56 Å². The maximum absolute atomic E-state index is 5.23. The quantitative estimate of drug-likeness (QED) is 0.681. The van der Waals surface area contributed by atoms with Crippen molar-refractivity contribution in [1.29, 1.82) is 0 Å². The molecule has 0 N–H and O–H groups in total. The third-order valence-electron chi connectivity index (χ3n) is 3.15. The van der Waals surface area contributed by atoms with Crippen molar-refractivity contribution in [2.75, 3.05) is 7.11 Å². The van der Waals surface area contributed by atoms with Gasteiger partial charge in [0, 0.05) is 10.9 Å². The molecule has 0 fully saturated rings. The van der Waals surface area contributed by atoms with Crippen molar-refractivity contribution < 1.29 is 4.74 Å². The lowest BCUT2D eigenvalue weighted by molar-refractivity contribution is 0.415. The van der Waals surface area contributed by atoms with E-state index in [2.05, 4.69) is 6.92 Å². The van der Waals surface area contributed by atoms with E-state index in [1.165, 1.54) is 0 Å². The van der Waals surface area contributed by atoms with Gasteiger partial charge in [-0.3, -0.25) is 0 Å². The van der Waals surface area contributed by atoms with Crippen molar-refractivity contribution in [3.05, 3.63) is 67.1 Å². The molecule has 0 aliphatic carbocycles. The fourth-order valence-corrected chi connectivity index (χ4v) is 2.17. The van der Waals surface area contributed by atoms with Gasteiger partial charge >= 0.3 is 0 Å². The zero-order chi connectivity index (χ0) is 13.2. The van der Waals surface area contributed by atoms with Gasteiger partial charge in [0.15, 0.2) is 0 Å². The zero-order valence-corrected chi connectivity index (χ0v) is 10.8. The van der Waals surface area contributed by atoms with Crippen LogP contribution in [0.25, 0.3) is 22.2 Å². The summed E-state index contributed by atoms with van der Waals surface area (Å²) in [5, 5.41) is 1.05. The van der Waals surface area contributed by atoms with Gasteiger partial charge in [-0.15, -0.1) is 0 Å². The van der Waals surface area contributed by atoms with Crippen LogP contribution in [0.15, 0.2) is 54.6 Å². The van der Waals surface area contributed by atoms with Crippen LogP contribution in [-0.2, 0) is 0 Å². The molecule has 3 rings (SSSR count). The van der Waals surface area contributed by atoms with Crippen LogP contribution in [0.5, 0.6) is 5.75 Å². The molecular weight excluding hydrogens is 234 g/mol. The van der Waals surface area contributed by atoms with Gasteiger partial charge in [-0.1, -0.05) is 30.3 Å². The molecule has 0 bridgehead atoms. The van der Waals surface area contributed by atoms with Gasteiger partial charge in [0.1, 0.15) is 5.75 Å². The number of ether oxygens (including phenoxy) is 1. The van der Waals surface area contributed by atoms with E-state index in [9.17, 15) is 0 Å². The van der Waals surface area contributed by atoms with E-state index in [0.717, 1.165) is 33.5 Å². The first-order chi connectivity index (χ1) is 9.28. The highest BCUT2D eigenvalue weighted by Gasteiger charge is 2.06. The summed E-state index contributed by atoms with van der Waals surface area (Å²) in [4.78, 5) is 4.70. The molecule has 0 atom stereocenters. The highest BCUT2D eigenvalue weighted by Crippen LogP contribution is 2.27. The Hall–Kier alpha value is -2.35. The first-order valence-corrected chi connectivity index (χ1v) is 6.14. The van der Waals surface area contributed by atoms with Crippen LogP contribution in [0.4, 0.5) is 0 Å². The average molecular weight is 248 g/mol. The molecule has 19 heavy (non-hydrogen) atoms. The Morgan fingerprint density at radius 2 is 1.79 bits per heavy atom. The minimum Gasteiger partial charge on any atom is -0.497 e. The third kappa shape index (κ3) is 2.17. The monoisotopic (exact) mass is 248 g/mol. The molecule has 0 unspecified atom stereocenters. The fourth-order valence-electron chi connectivity index (χ4n) is 2.17. The van der Waals surface area contributed by atoms with Crippen molar-refractivity contribution >= 4 is 10.9 Å². The molecule has 3 aromatic rings. The van der Waals surface area contributed by atoms with E-state index in [4.69, 9.17) is 9.72 Å². The van der Waals surface area contributed by atoms with Crippen molar-refractivity contribution in [3.63, 3.8) is 0 Å². The van der Waals surface area contributed by atoms with Gasteiger partial charge in [-0.05, 0) is 36.8 Å². The molecule has 1 radical (unpaired) electrons. The van der Waals surface area contributed by atoms with Crippen LogP contribution in [0, 0.1) is 6.92 Å². The van der Waals surface area contributed by atoms with Gasteiger partial charge in [0.25, 0.3) is 0 Å². The van der Waals surface area contributed by atoms with Gasteiger partial charge in [0.2, 0.25) is 0 Å². The van der Waals surface area contributed by atoms with Crippen molar-refractivity contribution in [2.24, 2.45) is 0 Å². The van der Waals surface area contributed by atoms with E-state index in [-0.39, 0.29) is 0 Å². The minimum absolute atomic E-state index is 0.834. The van der Waals surface area contributed by atoms with Crippen molar-refractivity contribution in [2.45, 2.75) is 0 Å². The predicted octanol–water partition coefficient (Wildman–Crippen LogP) is 4.09. The number of aromatic nitrogens is 1. The fraction of sp³-hybridized carbons (Fsp3) is 0.0588. The highest BCUT2D eigenvalue weighted by molar-refractivity contribution is 5.84. The molecule has 1 aromatic heterocycles. The molecule has 2 aromatic carbocycles. The summed E-state index contributed by atoms with van der Waals surface area (Å²) in [5.41, 5.74) is 3.89. The van der Waals surface area contributed by atoms with Crippen molar-refractivity contribution in [3.8, 4) is 17.0 Å². The summed E-state index contributed by atoms with van der Waals surface area (Å²) in [6.07, 6.45) is 0. The molecule has 1 heterocycles. The predicted molar refractivity (Wildman–Crippen MR) is 78.2 cm³/mol. The number of pyridine rings is 1. The Labute approximate surface area is 112 Å². The van der Waals surface area contributed by atoms with E-state index in [1.807, 2.05) is 54.6 Å². The molecule has 0 amide bonds. The first kappa shape index (κ1) is 11.7. The molecule has 2 heteroatoms. The molecule has 2 nitrogen and oxygen atoms in total. The molecule has 0 aliphatic heterocycles.